The Morgan fingerprint density at radius 3 is 1.92 bits per heavy atom. The number of aliphatic carboxylic acids is 1. The van der Waals surface area contributed by atoms with Crippen molar-refractivity contribution >= 4 is 11.8 Å². The maximum Gasteiger partial charge on any atom is 0.423 e. The normalized spacial score (nSPS) is 19.9. The van der Waals surface area contributed by atoms with Crippen LogP contribution in [0.5, 0.6) is 11.5 Å². The lowest BCUT2D eigenvalue weighted by Gasteiger charge is -2.48. The number of methoxy groups -OCH3 is 2. The minimum Gasteiger partial charge on any atom is -0.497 e. The fourth-order valence-electron chi connectivity index (χ4n) is 6.56. The third-order valence-electron chi connectivity index (χ3n) is 8.97. The summed E-state index contributed by atoms with van der Waals surface area (Å²) in [5, 5.41) is 34.2. The van der Waals surface area contributed by atoms with Gasteiger partial charge in [-0.1, -0.05) is 54.6 Å². The first-order chi connectivity index (χ1) is 23.7. The summed E-state index contributed by atoms with van der Waals surface area (Å²) in [7, 11) is 2.89. The number of alkyl halides is 3. The number of H-pyrrole nitrogens is 1. The number of nitrogens with zero attached hydrogens (tertiary/aromatic N) is 1. The summed E-state index contributed by atoms with van der Waals surface area (Å²) in [6.07, 6.45) is -13.2. The van der Waals surface area contributed by atoms with Gasteiger partial charge in [-0.3, -0.25) is 23.9 Å². The van der Waals surface area contributed by atoms with Gasteiger partial charge in [0.15, 0.2) is 11.4 Å². The number of carbonyl (C=O) groups is 2. The zero-order chi connectivity index (χ0) is 36.4. The molecular formula is C35H33F3N2O10. The number of hydrogen-bond donors (Lipinski definition) is 4. The second-order valence-electron chi connectivity index (χ2n) is 11.7. The summed E-state index contributed by atoms with van der Waals surface area (Å²) < 4.78 is 58.4. The molecule has 4 N–H and O–H groups in total. The molecule has 3 aromatic carbocycles. The quantitative estimate of drug-likeness (QED) is 0.160. The molecular weight excluding hydrogens is 665 g/mol. The number of aliphatic hydroxyl groups is 2. The number of Topliss-reactive ketones (excluding diaryl/α,β-unsaturated/α-hetero) is 1. The predicted molar refractivity (Wildman–Crippen MR) is 170 cm³/mol. The van der Waals surface area contributed by atoms with E-state index in [9.17, 15) is 47.7 Å². The van der Waals surface area contributed by atoms with E-state index in [2.05, 4.69) is 0 Å². The van der Waals surface area contributed by atoms with Crippen molar-refractivity contribution in [2.45, 2.75) is 54.9 Å². The van der Waals surface area contributed by atoms with E-state index in [1.165, 1.54) is 14.2 Å². The van der Waals surface area contributed by atoms with Gasteiger partial charge in [0.25, 0.3) is 5.56 Å². The van der Waals surface area contributed by atoms with Crippen LogP contribution in [0, 0.1) is 0 Å². The van der Waals surface area contributed by atoms with Crippen molar-refractivity contribution in [2.75, 3.05) is 14.2 Å². The van der Waals surface area contributed by atoms with Crippen LogP contribution in [0.1, 0.15) is 47.7 Å². The molecule has 264 valence electrons. The molecule has 50 heavy (non-hydrogen) atoms. The summed E-state index contributed by atoms with van der Waals surface area (Å²) in [6, 6.07) is 21.1. The van der Waals surface area contributed by atoms with Crippen molar-refractivity contribution in [3.63, 3.8) is 0 Å². The zero-order valence-electron chi connectivity index (χ0n) is 26.7. The van der Waals surface area contributed by atoms with Crippen molar-refractivity contribution < 1.29 is 52.3 Å². The van der Waals surface area contributed by atoms with Crippen LogP contribution >= 0.6 is 0 Å². The van der Waals surface area contributed by atoms with E-state index in [1.807, 2.05) is 0 Å². The fraction of sp³-hybridized carbons (Fsp3) is 0.314. The van der Waals surface area contributed by atoms with Crippen LogP contribution in [0.4, 0.5) is 13.2 Å². The fourth-order valence-corrected chi connectivity index (χ4v) is 6.56. The number of halogens is 3. The first kappa shape index (κ1) is 36.0. The van der Waals surface area contributed by atoms with Crippen molar-refractivity contribution in [2.24, 2.45) is 0 Å². The third-order valence-corrected chi connectivity index (χ3v) is 8.97. The third kappa shape index (κ3) is 6.30. The van der Waals surface area contributed by atoms with Gasteiger partial charge in [-0.15, -0.1) is 0 Å². The van der Waals surface area contributed by atoms with Crippen LogP contribution in [0.2, 0.25) is 0 Å². The van der Waals surface area contributed by atoms with E-state index in [4.69, 9.17) is 14.2 Å². The highest BCUT2D eigenvalue weighted by atomic mass is 19.4. The van der Waals surface area contributed by atoms with Crippen LogP contribution in [-0.4, -0.2) is 68.7 Å². The number of rotatable bonds is 12. The second kappa shape index (κ2) is 13.9. The molecule has 1 aliphatic rings. The number of ketones is 1. The Morgan fingerprint density at radius 2 is 1.44 bits per heavy atom. The van der Waals surface area contributed by atoms with Gasteiger partial charge in [-0.2, -0.15) is 13.2 Å². The number of aliphatic hydroxyl groups excluding tert-OH is 2. The molecule has 0 bridgehead atoms. The largest absolute Gasteiger partial charge is 0.497 e. The number of aromatic nitrogens is 2. The summed E-state index contributed by atoms with van der Waals surface area (Å²) in [6.45, 7) is 0. The molecule has 1 saturated heterocycles. The van der Waals surface area contributed by atoms with Gasteiger partial charge in [0.2, 0.25) is 0 Å². The van der Waals surface area contributed by atoms with Crippen LogP contribution in [-0.2, 0) is 25.9 Å². The number of hydrogen-bond acceptors (Lipinski definition) is 9. The summed E-state index contributed by atoms with van der Waals surface area (Å²) in [5.41, 5.74) is -8.36. The zero-order valence-corrected chi connectivity index (χ0v) is 26.7. The molecule has 15 heteroatoms. The van der Waals surface area contributed by atoms with Crippen molar-refractivity contribution in [1.82, 2.24) is 9.55 Å². The van der Waals surface area contributed by atoms with E-state index in [-0.39, 0.29) is 6.20 Å². The van der Waals surface area contributed by atoms with Crippen molar-refractivity contribution in [3.05, 3.63) is 128 Å². The molecule has 12 nitrogen and oxygen atoms in total. The van der Waals surface area contributed by atoms with Gasteiger partial charge in [-0.05, 0) is 41.0 Å². The minimum absolute atomic E-state index is 0.208. The second-order valence-corrected chi connectivity index (χ2v) is 11.7. The Hall–Kier alpha value is -5.25. The van der Waals surface area contributed by atoms with Gasteiger partial charge in [0, 0.05) is 19.0 Å². The summed E-state index contributed by atoms with van der Waals surface area (Å²) in [4.78, 5) is 52.5. The number of carboxylic acids is 1. The topological polar surface area (TPSA) is 177 Å². The number of nitrogens with one attached hydrogen (secondary N) is 1. The first-order valence-electron chi connectivity index (χ1n) is 15.3. The van der Waals surface area contributed by atoms with E-state index < -0.39 is 83.5 Å². The molecule has 4 aromatic rings. The molecule has 5 rings (SSSR count). The van der Waals surface area contributed by atoms with Gasteiger partial charge in [0.05, 0.1) is 32.2 Å². The van der Waals surface area contributed by atoms with Crippen LogP contribution in [0.3, 0.4) is 0 Å². The molecule has 1 aromatic heterocycles. The maximum atomic E-state index is 14.3. The number of benzene rings is 3. The molecule has 0 amide bonds. The standard InChI is InChI=1S/C35H33F3N2O10/c1-48-23-12-8-21(9-13-23)33(20-6-4-3-5-7-20,22-10-14-24(49-2)15-11-22)31(46)34(26(41)16-17-29(43)44)27(42)18-28(50-34)40-19-25(35(36,37)38)30(45)39-32(40)47/h3-15,19,27-28,31,42,46H,16-18H2,1-2H3,(H,43,44)(H,39,45,47)/t27-,28+,31?,34-/m0/s1. The SMILES string of the molecule is COc1ccc(C(c2ccccc2)(c2ccc(OC)cc2)C(O)[C@@]2(C(=O)CCC(=O)O)O[C@@H](n3cc(C(F)(F)F)c(=O)[nH]c3=O)C[C@@H]2O)cc1. The van der Waals surface area contributed by atoms with Crippen LogP contribution in [0.25, 0.3) is 0 Å². The molecule has 0 saturated carbocycles. The molecule has 0 spiro atoms. The monoisotopic (exact) mass is 698 g/mol. The van der Waals surface area contributed by atoms with Gasteiger partial charge < -0.3 is 29.5 Å². The Bertz CT molecular complexity index is 1910. The first-order valence-corrected chi connectivity index (χ1v) is 15.3. The van der Waals surface area contributed by atoms with Gasteiger partial charge >= 0.3 is 17.8 Å². The lowest BCUT2D eigenvalue weighted by atomic mass is 9.60. The van der Waals surface area contributed by atoms with E-state index in [0.29, 0.717) is 32.8 Å². The van der Waals surface area contributed by atoms with Gasteiger partial charge in [-0.25, -0.2) is 4.79 Å². The van der Waals surface area contributed by atoms with Gasteiger partial charge in [0.1, 0.15) is 29.4 Å². The minimum atomic E-state index is -5.20. The Kier molecular flexibility index (Phi) is 10.0. The average molecular weight is 699 g/mol. The number of carbonyl (C=O) groups excluding carboxylic acids is 1. The molecule has 2 heterocycles. The smallest absolute Gasteiger partial charge is 0.423 e. The van der Waals surface area contributed by atoms with E-state index >= 15 is 0 Å². The lowest BCUT2D eigenvalue weighted by molar-refractivity contribution is -0.188. The summed E-state index contributed by atoms with van der Waals surface area (Å²) >= 11 is 0. The number of ether oxygens (including phenoxy) is 3. The Labute approximate surface area is 282 Å². The molecule has 1 unspecified atom stereocenters. The molecule has 0 aliphatic carbocycles. The highest BCUT2D eigenvalue weighted by Gasteiger charge is 2.65. The van der Waals surface area contributed by atoms with E-state index in [0.717, 1.165) is 0 Å². The molecule has 1 aliphatic heterocycles. The predicted octanol–water partition coefficient (Wildman–Crippen LogP) is 3.42. The van der Waals surface area contributed by atoms with Crippen LogP contribution < -0.4 is 20.7 Å². The van der Waals surface area contributed by atoms with Crippen LogP contribution in [0.15, 0.2) is 94.6 Å². The maximum absolute atomic E-state index is 14.3. The van der Waals surface area contributed by atoms with E-state index in [1.54, 1.807) is 83.8 Å². The highest BCUT2D eigenvalue weighted by molar-refractivity contribution is 5.92. The lowest BCUT2D eigenvalue weighted by Crippen LogP contribution is -2.64. The number of carboxylic acid groups (broad SMARTS) is 1. The number of aromatic amines is 1. The average Bonchev–Trinajstić information content (AvgIpc) is 3.45. The molecule has 1 fully saturated rings. The Balaban J connectivity index is 1.82. The molecule has 0 radical (unpaired) electrons. The van der Waals surface area contributed by atoms with Crippen molar-refractivity contribution in [3.8, 4) is 11.5 Å². The highest BCUT2D eigenvalue weighted by Crippen LogP contribution is 2.52. The molecule has 4 atom stereocenters. The Morgan fingerprint density at radius 1 is 0.920 bits per heavy atom. The van der Waals surface area contributed by atoms with Crippen molar-refractivity contribution in [1.29, 1.82) is 0 Å². The summed E-state index contributed by atoms with van der Waals surface area (Å²) in [5.74, 6) is -1.62.